The second-order valence-electron chi connectivity index (χ2n) is 5.24. The van der Waals surface area contributed by atoms with Gasteiger partial charge in [0.2, 0.25) is 5.91 Å². The fourth-order valence-electron chi connectivity index (χ4n) is 2.06. The van der Waals surface area contributed by atoms with E-state index in [1.807, 2.05) is 26.1 Å². The van der Waals surface area contributed by atoms with Crippen molar-refractivity contribution in [1.29, 1.82) is 0 Å². The summed E-state index contributed by atoms with van der Waals surface area (Å²) in [5, 5.41) is 0. The van der Waals surface area contributed by atoms with Crippen molar-refractivity contribution in [3.8, 4) is 0 Å². The van der Waals surface area contributed by atoms with Crippen LogP contribution >= 0.6 is 11.8 Å². The van der Waals surface area contributed by atoms with Gasteiger partial charge >= 0.3 is 0 Å². The Balaban J connectivity index is 1.76. The molecule has 2 aromatic rings. The molecule has 0 spiro atoms. The molecule has 0 aliphatic rings. The van der Waals surface area contributed by atoms with Gasteiger partial charge in [-0.25, -0.2) is 0 Å². The van der Waals surface area contributed by atoms with Crippen molar-refractivity contribution in [2.45, 2.75) is 26.1 Å². The maximum Gasteiger partial charge on any atom is 0.232 e. The molecule has 0 unspecified atom stereocenters. The molecule has 0 aliphatic carbocycles. The largest absolute Gasteiger partial charge is 0.464 e. The van der Waals surface area contributed by atoms with E-state index in [1.165, 1.54) is 11.1 Å². The quantitative estimate of drug-likeness (QED) is 0.814. The van der Waals surface area contributed by atoms with E-state index < -0.39 is 0 Å². The lowest BCUT2D eigenvalue weighted by atomic mass is 10.2. The Morgan fingerprint density at radius 2 is 2.05 bits per heavy atom. The first-order chi connectivity index (χ1) is 10.0. The van der Waals surface area contributed by atoms with Crippen LogP contribution in [0.25, 0.3) is 0 Å². The van der Waals surface area contributed by atoms with Gasteiger partial charge in [-0.1, -0.05) is 29.8 Å². The van der Waals surface area contributed by atoms with Gasteiger partial charge in [-0.05, 0) is 31.5 Å². The summed E-state index contributed by atoms with van der Waals surface area (Å²) in [7, 11) is 1.81. The highest BCUT2D eigenvalue weighted by Crippen LogP contribution is 2.15. The Labute approximate surface area is 130 Å². The second kappa shape index (κ2) is 7.36. The van der Waals surface area contributed by atoms with Crippen LogP contribution in [0.5, 0.6) is 0 Å². The second-order valence-corrected chi connectivity index (χ2v) is 6.23. The van der Waals surface area contributed by atoms with Gasteiger partial charge in [0.1, 0.15) is 11.5 Å². The lowest BCUT2D eigenvalue weighted by Crippen LogP contribution is -2.27. The van der Waals surface area contributed by atoms with Crippen molar-refractivity contribution >= 4 is 17.7 Å². The summed E-state index contributed by atoms with van der Waals surface area (Å²) in [6.45, 7) is 4.51. The number of aryl methyl sites for hydroxylation is 2. The number of hydrogen-bond acceptors (Lipinski definition) is 3. The highest BCUT2D eigenvalue weighted by Gasteiger charge is 2.11. The Kier molecular flexibility index (Phi) is 5.51. The summed E-state index contributed by atoms with van der Waals surface area (Å²) < 4.78 is 5.49. The van der Waals surface area contributed by atoms with Crippen molar-refractivity contribution in [2.24, 2.45) is 0 Å². The van der Waals surface area contributed by atoms with Crippen LogP contribution in [0.15, 0.2) is 40.8 Å². The summed E-state index contributed by atoms with van der Waals surface area (Å²) in [5.41, 5.74) is 2.52. The molecule has 0 saturated carbocycles. The van der Waals surface area contributed by atoms with Gasteiger partial charge in [0.15, 0.2) is 0 Å². The van der Waals surface area contributed by atoms with Gasteiger partial charge in [-0.2, -0.15) is 0 Å². The summed E-state index contributed by atoms with van der Waals surface area (Å²) in [6, 6.07) is 12.2. The van der Waals surface area contributed by atoms with Crippen molar-refractivity contribution < 1.29 is 9.21 Å². The molecule has 0 fully saturated rings. The molecule has 0 atom stereocenters. The fraction of sp³-hybridized carbons (Fsp3) is 0.353. The fourth-order valence-corrected chi connectivity index (χ4v) is 2.97. The molecule has 21 heavy (non-hydrogen) atoms. The summed E-state index contributed by atoms with van der Waals surface area (Å²) in [4.78, 5) is 13.8. The van der Waals surface area contributed by atoms with E-state index in [1.54, 1.807) is 16.7 Å². The van der Waals surface area contributed by atoms with Crippen LogP contribution in [-0.2, 0) is 17.1 Å². The van der Waals surface area contributed by atoms with Crippen LogP contribution in [0.1, 0.15) is 22.6 Å². The van der Waals surface area contributed by atoms with Crippen molar-refractivity contribution in [3.05, 3.63) is 59.0 Å². The lowest BCUT2D eigenvalue weighted by Gasteiger charge is -2.15. The number of amides is 1. The Bertz CT molecular complexity index is 606. The number of hydrogen-bond donors (Lipinski definition) is 0. The minimum atomic E-state index is 0.127. The van der Waals surface area contributed by atoms with Gasteiger partial charge in [-0.15, -0.1) is 11.8 Å². The monoisotopic (exact) mass is 303 g/mol. The average Bonchev–Trinajstić information content (AvgIpc) is 2.84. The number of carbonyl (C=O) groups is 1. The predicted molar refractivity (Wildman–Crippen MR) is 87.3 cm³/mol. The Morgan fingerprint density at radius 1 is 1.24 bits per heavy atom. The zero-order chi connectivity index (χ0) is 15.2. The number of rotatable bonds is 6. The van der Waals surface area contributed by atoms with Crippen LogP contribution < -0.4 is 0 Å². The molecule has 0 saturated heterocycles. The van der Waals surface area contributed by atoms with Crippen LogP contribution in [0.4, 0.5) is 0 Å². The predicted octanol–water partition coefficient (Wildman–Crippen LogP) is 3.79. The normalized spacial score (nSPS) is 10.6. The molecule has 0 radical (unpaired) electrons. The first kappa shape index (κ1) is 15.7. The molecule has 3 nitrogen and oxygen atoms in total. The first-order valence-corrected chi connectivity index (χ1v) is 8.12. The molecule has 112 valence electrons. The van der Waals surface area contributed by atoms with Gasteiger partial charge in [0.05, 0.1) is 12.3 Å². The summed E-state index contributed by atoms with van der Waals surface area (Å²) in [5.74, 6) is 3.18. The standard InChI is InChI=1S/C17H21NO2S/c1-13-5-4-6-15(9-13)11-21-12-17(19)18(3)10-16-8-7-14(2)20-16/h4-9H,10-12H2,1-3H3. The van der Waals surface area contributed by atoms with E-state index in [-0.39, 0.29) is 5.91 Å². The van der Waals surface area contributed by atoms with Crippen LogP contribution in [0.3, 0.4) is 0 Å². The zero-order valence-corrected chi connectivity index (χ0v) is 13.6. The van der Waals surface area contributed by atoms with E-state index in [9.17, 15) is 4.79 Å². The zero-order valence-electron chi connectivity index (χ0n) is 12.8. The highest BCUT2D eigenvalue weighted by molar-refractivity contribution is 7.99. The van der Waals surface area contributed by atoms with E-state index >= 15 is 0 Å². The smallest absolute Gasteiger partial charge is 0.232 e. The van der Waals surface area contributed by atoms with E-state index in [0.29, 0.717) is 12.3 Å². The summed E-state index contributed by atoms with van der Waals surface area (Å²) >= 11 is 1.65. The molecule has 2 rings (SSSR count). The molecular weight excluding hydrogens is 282 g/mol. The number of carbonyl (C=O) groups excluding carboxylic acids is 1. The van der Waals surface area contributed by atoms with Crippen molar-refractivity contribution in [2.75, 3.05) is 12.8 Å². The van der Waals surface area contributed by atoms with E-state index in [4.69, 9.17) is 4.42 Å². The average molecular weight is 303 g/mol. The number of thioether (sulfide) groups is 1. The van der Waals surface area contributed by atoms with E-state index in [0.717, 1.165) is 17.3 Å². The lowest BCUT2D eigenvalue weighted by molar-refractivity contribution is -0.127. The number of furan rings is 1. The van der Waals surface area contributed by atoms with Gasteiger partial charge in [0, 0.05) is 12.8 Å². The van der Waals surface area contributed by atoms with Gasteiger partial charge in [-0.3, -0.25) is 4.79 Å². The van der Waals surface area contributed by atoms with Gasteiger partial charge < -0.3 is 9.32 Å². The molecule has 0 aliphatic heterocycles. The Hall–Kier alpha value is -1.68. The molecule has 1 aromatic heterocycles. The summed E-state index contributed by atoms with van der Waals surface area (Å²) in [6.07, 6.45) is 0. The molecule has 1 heterocycles. The van der Waals surface area contributed by atoms with Crippen LogP contribution in [0.2, 0.25) is 0 Å². The van der Waals surface area contributed by atoms with Crippen molar-refractivity contribution in [1.82, 2.24) is 4.90 Å². The van der Waals surface area contributed by atoms with Crippen LogP contribution in [0, 0.1) is 13.8 Å². The molecule has 1 amide bonds. The maximum absolute atomic E-state index is 12.1. The maximum atomic E-state index is 12.1. The molecule has 4 heteroatoms. The topological polar surface area (TPSA) is 33.5 Å². The van der Waals surface area contributed by atoms with Crippen LogP contribution in [-0.4, -0.2) is 23.6 Å². The number of benzene rings is 1. The molecular formula is C17H21NO2S. The van der Waals surface area contributed by atoms with Gasteiger partial charge in [0.25, 0.3) is 0 Å². The SMILES string of the molecule is Cc1cccc(CSCC(=O)N(C)Cc2ccc(C)o2)c1. The minimum Gasteiger partial charge on any atom is -0.464 e. The Morgan fingerprint density at radius 3 is 2.71 bits per heavy atom. The molecule has 0 N–H and O–H groups in total. The van der Waals surface area contributed by atoms with Crippen molar-refractivity contribution in [3.63, 3.8) is 0 Å². The highest BCUT2D eigenvalue weighted by atomic mass is 32.2. The van der Waals surface area contributed by atoms with E-state index in [2.05, 4.69) is 31.2 Å². The third kappa shape index (κ3) is 4.97. The first-order valence-electron chi connectivity index (χ1n) is 6.97. The third-order valence-electron chi connectivity index (χ3n) is 3.19. The third-order valence-corrected chi connectivity index (χ3v) is 4.18. The molecule has 0 bridgehead atoms. The minimum absolute atomic E-state index is 0.127. The number of nitrogens with zero attached hydrogens (tertiary/aromatic N) is 1. The molecule has 1 aromatic carbocycles.